The second kappa shape index (κ2) is 7.00. The Morgan fingerprint density at radius 3 is 2.86 bits per heavy atom. The van der Waals surface area contributed by atoms with Gasteiger partial charge in [0, 0.05) is 18.3 Å². The fourth-order valence-corrected chi connectivity index (χ4v) is 2.54. The van der Waals surface area contributed by atoms with Gasteiger partial charge < -0.3 is 15.4 Å². The van der Waals surface area contributed by atoms with Crippen molar-refractivity contribution in [3.8, 4) is 0 Å². The molecule has 0 unspecified atom stereocenters. The minimum absolute atomic E-state index is 0.113. The molecule has 1 aliphatic rings. The average molecular weight is 294 g/mol. The van der Waals surface area contributed by atoms with Crippen molar-refractivity contribution in [3.05, 3.63) is 29.6 Å². The zero-order valence-corrected chi connectivity index (χ0v) is 12.8. The van der Waals surface area contributed by atoms with Gasteiger partial charge in [0.15, 0.2) is 0 Å². The number of rotatable bonds is 5. The molecule has 1 saturated heterocycles. The first-order valence-corrected chi connectivity index (χ1v) is 7.42. The van der Waals surface area contributed by atoms with Crippen molar-refractivity contribution in [3.63, 3.8) is 0 Å². The zero-order valence-electron chi connectivity index (χ0n) is 12.8. The van der Waals surface area contributed by atoms with Crippen LogP contribution in [0.4, 0.5) is 10.1 Å². The second-order valence-electron chi connectivity index (χ2n) is 5.68. The maximum Gasteiger partial charge on any atom is 0.241 e. The quantitative estimate of drug-likeness (QED) is 0.877. The molecule has 1 fully saturated rings. The monoisotopic (exact) mass is 294 g/mol. The Hall–Kier alpha value is -1.46. The third-order valence-corrected chi connectivity index (χ3v) is 3.89. The molecule has 2 rings (SSSR count). The number of carbonyl (C=O) groups is 1. The van der Waals surface area contributed by atoms with Gasteiger partial charge in [0.05, 0.1) is 12.1 Å². The summed E-state index contributed by atoms with van der Waals surface area (Å²) in [5, 5.41) is 6.01. The number of hydrogen-bond acceptors (Lipinski definition) is 3. The molecular formula is C16H23FN2O2. The number of aryl methyl sites for hydroxylation is 1. The van der Waals surface area contributed by atoms with Gasteiger partial charge in [-0.15, -0.1) is 0 Å². The molecule has 1 amide bonds. The molecule has 5 heteroatoms. The van der Waals surface area contributed by atoms with E-state index in [9.17, 15) is 9.18 Å². The van der Waals surface area contributed by atoms with E-state index in [0.717, 1.165) is 25.0 Å². The molecule has 1 aromatic carbocycles. The first kappa shape index (κ1) is 15.9. The molecule has 2 N–H and O–H groups in total. The summed E-state index contributed by atoms with van der Waals surface area (Å²) >= 11 is 0. The molecule has 21 heavy (non-hydrogen) atoms. The van der Waals surface area contributed by atoms with Gasteiger partial charge in [-0.3, -0.25) is 4.79 Å². The number of halogens is 1. The van der Waals surface area contributed by atoms with Crippen LogP contribution in [0.3, 0.4) is 0 Å². The van der Waals surface area contributed by atoms with Crippen molar-refractivity contribution < 1.29 is 13.9 Å². The summed E-state index contributed by atoms with van der Waals surface area (Å²) in [5.41, 5.74) is 1.35. The summed E-state index contributed by atoms with van der Waals surface area (Å²) in [6, 6.07) is 4.11. The third kappa shape index (κ3) is 4.25. The fraction of sp³-hybridized carbons (Fsp3) is 0.562. The van der Waals surface area contributed by atoms with Crippen LogP contribution in [0.2, 0.25) is 0 Å². The summed E-state index contributed by atoms with van der Waals surface area (Å²) < 4.78 is 18.8. The number of hydrogen-bond donors (Lipinski definition) is 2. The van der Waals surface area contributed by atoms with E-state index in [2.05, 4.69) is 10.6 Å². The molecule has 0 aromatic heterocycles. The Bertz CT molecular complexity index is 501. The van der Waals surface area contributed by atoms with E-state index >= 15 is 0 Å². The topological polar surface area (TPSA) is 50.4 Å². The lowest BCUT2D eigenvalue weighted by atomic mass is 10.1. The van der Waals surface area contributed by atoms with Gasteiger partial charge in [-0.25, -0.2) is 4.39 Å². The van der Waals surface area contributed by atoms with E-state index in [1.165, 1.54) is 12.1 Å². The van der Waals surface area contributed by atoms with Gasteiger partial charge in [-0.1, -0.05) is 6.07 Å². The van der Waals surface area contributed by atoms with Crippen LogP contribution in [0.15, 0.2) is 18.2 Å². The van der Waals surface area contributed by atoms with Crippen molar-refractivity contribution in [2.75, 3.05) is 11.9 Å². The molecule has 0 saturated carbocycles. The lowest BCUT2D eigenvalue weighted by molar-refractivity contribution is -0.118. The summed E-state index contributed by atoms with van der Waals surface area (Å²) in [4.78, 5) is 12.2. The molecule has 0 aliphatic carbocycles. The summed E-state index contributed by atoms with van der Waals surface area (Å²) in [5.74, 6) is -0.530. The number of carbonyl (C=O) groups excluding carboxylic acids is 1. The Labute approximate surface area is 125 Å². The molecule has 1 aliphatic heterocycles. The molecule has 0 bridgehead atoms. The van der Waals surface area contributed by atoms with E-state index in [1.807, 2.05) is 13.8 Å². The first-order chi connectivity index (χ1) is 9.97. The summed E-state index contributed by atoms with van der Waals surface area (Å²) in [7, 11) is 0. The Morgan fingerprint density at radius 1 is 1.43 bits per heavy atom. The van der Waals surface area contributed by atoms with Crippen molar-refractivity contribution in [2.45, 2.75) is 51.8 Å². The largest absolute Gasteiger partial charge is 0.377 e. The van der Waals surface area contributed by atoms with Crippen molar-refractivity contribution >= 4 is 11.6 Å². The van der Waals surface area contributed by atoms with Gasteiger partial charge in [0.2, 0.25) is 5.91 Å². The number of benzene rings is 1. The van der Waals surface area contributed by atoms with Crippen LogP contribution in [-0.4, -0.2) is 30.7 Å². The van der Waals surface area contributed by atoms with Gasteiger partial charge >= 0.3 is 0 Å². The standard InChI is InChI=1S/C16H23FN2O2/c1-10-6-7-13(17)9-14(10)19-16(20)12(3)18-11(2)15-5-4-8-21-15/h6-7,9,11-12,15,18H,4-5,8H2,1-3H3,(H,19,20)/t11-,12-,15-/m0/s1. The molecule has 4 nitrogen and oxygen atoms in total. The van der Waals surface area contributed by atoms with Crippen molar-refractivity contribution in [2.24, 2.45) is 0 Å². The van der Waals surface area contributed by atoms with E-state index in [1.54, 1.807) is 13.0 Å². The predicted octanol–water partition coefficient (Wildman–Crippen LogP) is 2.62. The minimum Gasteiger partial charge on any atom is -0.377 e. The molecular weight excluding hydrogens is 271 g/mol. The van der Waals surface area contributed by atoms with E-state index < -0.39 is 0 Å². The van der Waals surface area contributed by atoms with Crippen LogP contribution in [0.5, 0.6) is 0 Å². The third-order valence-electron chi connectivity index (χ3n) is 3.89. The maximum atomic E-state index is 13.2. The minimum atomic E-state index is -0.369. The van der Waals surface area contributed by atoms with Crippen LogP contribution >= 0.6 is 0 Å². The maximum absolute atomic E-state index is 13.2. The number of ether oxygens (including phenoxy) is 1. The van der Waals surface area contributed by atoms with Crippen molar-refractivity contribution in [1.29, 1.82) is 0 Å². The van der Waals surface area contributed by atoms with Crippen molar-refractivity contribution in [1.82, 2.24) is 5.32 Å². The van der Waals surface area contributed by atoms with Crippen LogP contribution in [0.25, 0.3) is 0 Å². The Morgan fingerprint density at radius 2 is 2.19 bits per heavy atom. The van der Waals surface area contributed by atoms with Gasteiger partial charge in [-0.2, -0.15) is 0 Å². The molecule has 0 radical (unpaired) electrons. The molecule has 116 valence electrons. The van der Waals surface area contributed by atoms with E-state index in [0.29, 0.717) is 5.69 Å². The lowest BCUT2D eigenvalue weighted by Crippen LogP contribution is -2.47. The Kier molecular flexibility index (Phi) is 5.31. The van der Waals surface area contributed by atoms with E-state index in [4.69, 9.17) is 4.74 Å². The highest BCUT2D eigenvalue weighted by atomic mass is 19.1. The lowest BCUT2D eigenvalue weighted by Gasteiger charge is -2.24. The van der Waals surface area contributed by atoms with Gasteiger partial charge in [-0.05, 0) is 51.3 Å². The highest BCUT2D eigenvalue weighted by Gasteiger charge is 2.25. The van der Waals surface area contributed by atoms with Crippen LogP contribution < -0.4 is 10.6 Å². The molecule has 1 heterocycles. The molecule has 1 aromatic rings. The van der Waals surface area contributed by atoms with Crippen LogP contribution in [0.1, 0.15) is 32.3 Å². The van der Waals surface area contributed by atoms with Crippen LogP contribution in [-0.2, 0) is 9.53 Å². The smallest absolute Gasteiger partial charge is 0.241 e. The molecule has 3 atom stereocenters. The highest BCUT2D eigenvalue weighted by Crippen LogP contribution is 2.17. The number of amides is 1. The number of anilines is 1. The summed E-state index contributed by atoms with van der Waals surface area (Å²) in [6.45, 7) is 6.45. The normalized spacial score (nSPS) is 21.0. The average Bonchev–Trinajstić information content (AvgIpc) is 2.97. The molecule has 0 spiro atoms. The summed E-state index contributed by atoms with van der Waals surface area (Å²) in [6.07, 6.45) is 2.25. The van der Waals surface area contributed by atoms with Gasteiger partial charge in [0.25, 0.3) is 0 Å². The number of nitrogens with one attached hydrogen (secondary N) is 2. The zero-order chi connectivity index (χ0) is 15.4. The first-order valence-electron chi connectivity index (χ1n) is 7.42. The van der Waals surface area contributed by atoms with E-state index in [-0.39, 0.29) is 29.9 Å². The highest BCUT2D eigenvalue weighted by molar-refractivity contribution is 5.95. The SMILES string of the molecule is Cc1ccc(F)cc1NC(=O)[C@H](C)N[C@@H](C)[C@@H]1CCCO1. The fourth-order valence-electron chi connectivity index (χ4n) is 2.54. The van der Waals surface area contributed by atoms with Gasteiger partial charge in [0.1, 0.15) is 5.82 Å². The Balaban J connectivity index is 1.91. The predicted molar refractivity (Wildman–Crippen MR) is 80.8 cm³/mol. The van der Waals surface area contributed by atoms with Crippen LogP contribution in [0, 0.1) is 12.7 Å². The second-order valence-corrected chi connectivity index (χ2v) is 5.68.